The standard InChI is InChI=1S/C12H13F3N2O3S/c1-2-17(8-4-7-16)21(18,19)11-6-3-5-10(9-11)20-12(13,14)15/h3,5-6,9H,2,4,8H2,1H3. The molecule has 0 N–H and O–H groups in total. The molecule has 5 nitrogen and oxygen atoms in total. The van der Waals surface area contributed by atoms with E-state index < -0.39 is 22.1 Å². The monoisotopic (exact) mass is 322 g/mol. The highest BCUT2D eigenvalue weighted by Crippen LogP contribution is 2.26. The zero-order valence-corrected chi connectivity index (χ0v) is 11.9. The molecule has 21 heavy (non-hydrogen) atoms. The largest absolute Gasteiger partial charge is 0.573 e. The fourth-order valence-corrected chi connectivity index (χ4v) is 3.09. The minimum absolute atomic E-state index is 0.00812. The summed E-state index contributed by atoms with van der Waals surface area (Å²) in [6, 6.07) is 5.97. The van der Waals surface area contributed by atoms with Crippen LogP contribution < -0.4 is 4.74 Å². The van der Waals surface area contributed by atoms with Crippen molar-refractivity contribution in [1.82, 2.24) is 4.31 Å². The fraction of sp³-hybridized carbons (Fsp3) is 0.417. The summed E-state index contributed by atoms with van der Waals surface area (Å²) in [4.78, 5) is -0.316. The van der Waals surface area contributed by atoms with Crippen molar-refractivity contribution in [2.24, 2.45) is 0 Å². The van der Waals surface area contributed by atoms with Crippen LogP contribution in [0.3, 0.4) is 0 Å². The summed E-state index contributed by atoms with van der Waals surface area (Å²) >= 11 is 0. The molecule has 9 heteroatoms. The van der Waals surface area contributed by atoms with Crippen molar-refractivity contribution in [1.29, 1.82) is 5.26 Å². The number of halogens is 3. The number of alkyl halides is 3. The van der Waals surface area contributed by atoms with Gasteiger partial charge in [-0.2, -0.15) is 9.57 Å². The van der Waals surface area contributed by atoms with Crippen molar-refractivity contribution in [2.75, 3.05) is 13.1 Å². The molecule has 0 spiro atoms. The van der Waals surface area contributed by atoms with E-state index in [1.165, 1.54) is 6.07 Å². The third-order valence-corrected chi connectivity index (χ3v) is 4.47. The second-order valence-electron chi connectivity index (χ2n) is 3.93. The van der Waals surface area contributed by atoms with Gasteiger partial charge in [-0.05, 0) is 12.1 Å². The van der Waals surface area contributed by atoms with Crippen molar-refractivity contribution in [3.05, 3.63) is 24.3 Å². The van der Waals surface area contributed by atoms with Gasteiger partial charge in [0.2, 0.25) is 10.0 Å². The van der Waals surface area contributed by atoms with Gasteiger partial charge in [0, 0.05) is 25.6 Å². The smallest absolute Gasteiger partial charge is 0.406 e. The number of benzene rings is 1. The maximum atomic E-state index is 12.3. The molecule has 0 amide bonds. The topological polar surface area (TPSA) is 70.4 Å². The number of nitrogens with zero attached hydrogens (tertiary/aromatic N) is 2. The molecule has 0 aliphatic heterocycles. The zero-order chi connectivity index (χ0) is 16.1. The SMILES string of the molecule is CCN(CCC#N)S(=O)(=O)c1cccc(OC(F)(F)F)c1. The summed E-state index contributed by atoms with van der Waals surface area (Å²) in [6.07, 6.45) is -4.90. The first kappa shape index (κ1) is 17.3. The Morgan fingerprint density at radius 3 is 2.57 bits per heavy atom. The van der Waals surface area contributed by atoms with Crippen LogP contribution in [0.4, 0.5) is 13.2 Å². The first-order valence-electron chi connectivity index (χ1n) is 5.93. The van der Waals surface area contributed by atoms with E-state index in [1.807, 2.05) is 6.07 Å². The van der Waals surface area contributed by atoms with Crippen LogP contribution in [0.25, 0.3) is 0 Å². The lowest BCUT2D eigenvalue weighted by Gasteiger charge is -2.19. The molecule has 0 bridgehead atoms. The molecule has 0 heterocycles. The highest BCUT2D eigenvalue weighted by molar-refractivity contribution is 7.89. The molecule has 1 aromatic rings. The van der Waals surface area contributed by atoms with Gasteiger partial charge in [-0.25, -0.2) is 8.42 Å². The van der Waals surface area contributed by atoms with Crippen LogP contribution in [0.5, 0.6) is 5.75 Å². The summed E-state index contributed by atoms with van der Waals surface area (Å²) < 4.78 is 65.7. The Labute approximate surface area is 120 Å². The molecule has 0 aromatic heterocycles. The van der Waals surface area contributed by atoms with Gasteiger partial charge in [-0.1, -0.05) is 13.0 Å². The number of hydrogen-bond donors (Lipinski definition) is 0. The van der Waals surface area contributed by atoms with Gasteiger partial charge in [-0.15, -0.1) is 13.2 Å². The predicted octanol–water partition coefficient (Wildman–Crippen LogP) is 2.51. The number of nitriles is 1. The van der Waals surface area contributed by atoms with Crippen molar-refractivity contribution in [3.8, 4) is 11.8 Å². The molecule has 0 radical (unpaired) electrons. The van der Waals surface area contributed by atoms with E-state index in [4.69, 9.17) is 5.26 Å². The van der Waals surface area contributed by atoms with Gasteiger partial charge in [0.15, 0.2) is 0 Å². The summed E-state index contributed by atoms with van der Waals surface area (Å²) in [5, 5.41) is 8.50. The maximum absolute atomic E-state index is 12.3. The molecule has 0 saturated carbocycles. The second-order valence-corrected chi connectivity index (χ2v) is 5.87. The lowest BCUT2D eigenvalue weighted by Crippen LogP contribution is -2.31. The number of sulfonamides is 1. The van der Waals surface area contributed by atoms with Crippen LogP contribution in [0.15, 0.2) is 29.2 Å². The Hall–Kier alpha value is -1.79. The molecule has 0 saturated heterocycles. The van der Waals surface area contributed by atoms with Crippen LogP contribution in [0.2, 0.25) is 0 Å². The summed E-state index contributed by atoms with van der Waals surface area (Å²) in [7, 11) is -3.97. The van der Waals surface area contributed by atoms with Gasteiger partial charge < -0.3 is 4.74 Å². The molecule has 0 unspecified atom stereocenters. The van der Waals surface area contributed by atoms with Gasteiger partial charge in [-0.3, -0.25) is 0 Å². The van der Waals surface area contributed by atoms with E-state index in [9.17, 15) is 21.6 Å². The van der Waals surface area contributed by atoms with Crippen LogP contribution in [0.1, 0.15) is 13.3 Å². The molecule has 0 fully saturated rings. The molecular weight excluding hydrogens is 309 g/mol. The number of ether oxygens (including phenoxy) is 1. The van der Waals surface area contributed by atoms with E-state index in [-0.39, 0.29) is 24.4 Å². The molecule has 0 atom stereocenters. The maximum Gasteiger partial charge on any atom is 0.573 e. The molecule has 116 valence electrons. The Balaban J connectivity index is 3.08. The Bertz CT molecular complexity index is 623. The van der Waals surface area contributed by atoms with E-state index >= 15 is 0 Å². The first-order valence-corrected chi connectivity index (χ1v) is 7.37. The summed E-state index contributed by atoms with van der Waals surface area (Å²) in [5.74, 6) is -0.611. The Morgan fingerprint density at radius 2 is 2.05 bits per heavy atom. The third-order valence-electron chi connectivity index (χ3n) is 2.50. The normalized spacial score (nSPS) is 12.2. The average Bonchev–Trinajstić information content (AvgIpc) is 2.37. The van der Waals surface area contributed by atoms with Gasteiger partial charge in [0.05, 0.1) is 11.0 Å². The molecule has 0 aliphatic carbocycles. The quantitative estimate of drug-likeness (QED) is 0.807. The highest BCUT2D eigenvalue weighted by Gasteiger charge is 2.32. The highest BCUT2D eigenvalue weighted by atomic mass is 32.2. The van der Waals surface area contributed by atoms with Crippen LogP contribution in [-0.4, -0.2) is 32.2 Å². The summed E-state index contributed by atoms with van der Waals surface area (Å²) in [6.45, 7) is 1.65. The Kier molecular flexibility index (Phi) is 5.57. The van der Waals surface area contributed by atoms with E-state index in [0.717, 1.165) is 22.5 Å². The van der Waals surface area contributed by atoms with Gasteiger partial charge >= 0.3 is 6.36 Å². The molecule has 1 rings (SSSR count). The van der Waals surface area contributed by atoms with Crippen LogP contribution >= 0.6 is 0 Å². The second kappa shape index (κ2) is 6.78. The van der Waals surface area contributed by atoms with Crippen LogP contribution in [-0.2, 0) is 10.0 Å². The molecular formula is C12H13F3N2O3S. The minimum atomic E-state index is -4.90. The average molecular weight is 322 g/mol. The van der Waals surface area contributed by atoms with Gasteiger partial charge in [0.25, 0.3) is 0 Å². The third kappa shape index (κ3) is 4.91. The lowest BCUT2D eigenvalue weighted by molar-refractivity contribution is -0.274. The van der Waals surface area contributed by atoms with Gasteiger partial charge in [0.1, 0.15) is 5.75 Å². The van der Waals surface area contributed by atoms with E-state index in [0.29, 0.717) is 0 Å². The van der Waals surface area contributed by atoms with Crippen molar-refractivity contribution in [3.63, 3.8) is 0 Å². The van der Waals surface area contributed by atoms with Crippen molar-refractivity contribution in [2.45, 2.75) is 24.6 Å². The fourth-order valence-electron chi connectivity index (χ4n) is 1.60. The van der Waals surface area contributed by atoms with Crippen molar-refractivity contribution < 1.29 is 26.3 Å². The predicted molar refractivity (Wildman–Crippen MR) is 67.8 cm³/mol. The van der Waals surface area contributed by atoms with E-state index in [2.05, 4.69) is 4.74 Å². The van der Waals surface area contributed by atoms with Crippen LogP contribution in [0, 0.1) is 11.3 Å². The van der Waals surface area contributed by atoms with Crippen molar-refractivity contribution >= 4 is 10.0 Å². The first-order chi connectivity index (χ1) is 9.70. The number of hydrogen-bond acceptors (Lipinski definition) is 4. The zero-order valence-electron chi connectivity index (χ0n) is 11.1. The van der Waals surface area contributed by atoms with E-state index in [1.54, 1.807) is 6.92 Å². The Morgan fingerprint density at radius 1 is 1.38 bits per heavy atom. The lowest BCUT2D eigenvalue weighted by atomic mass is 10.3. The number of rotatable bonds is 6. The summed E-state index contributed by atoms with van der Waals surface area (Å²) in [5.41, 5.74) is 0. The molecule has 1 aromatic carbocycles. The minimum Gasteiger partial charge on any atom is -0.406 e. The molecule has 0 aliphatic rings.